The molecule has 1 fully saturated rings. The highest BCUT2D eigenvalue weighted by atomic mass is 35.5. The van der Waals surface area contributed by atoms with Crippen molar-refractivity contribution in [2.75, 3.05) is 13.1 Å². The van der Waals surface area contributed by atoms with Gasteiger partial charge in [-0.25, -0.2) is 0 Å². The quantitative estimate of drug-likeness (QED) is 0.189. The standard InChI is InChI=1S/C32H23ClF3N3O5/c1-2-29(41)37-15-18(16-37)17-38-26-14-24(33)23(22-12-20(40)11-19-7-3-4-8-21(19)22)13-27(26)39(31(43)30(38)42)25-9-5-6-10-28(25)44-32(34,35)36/h2-14,18,40H,1,15-17H2. The van der Waals surface area contributed by atoms with Crippen LogP contribution in [0.4, 0.5) is 13.2 Å². The van der Waals surface area contributed by atoms with Gasteiger partial charge >= 0.3 is 17.5 Å². The minimum atomic E-state index is -5.07. The fourth-order valence-electron chi connectivity index (χ4n) is 5.63. The maximum atomic E-state index is 13.8. The predicted octanol–water partition coefficient (Wildman–Crippen LogP) is 5.87. The molecule has 5 aromatic rings. The van der Waals surface area contributed by atoms with Crippen LogP contribution >= 0.6 is 11.6 Å². The van der Waals surface area contributed by atoms with Crippen molar-refractivity contribution in [1.82, 2.24) is 14.0 Å². The van der Waals surface area contributed by atoms with E-state index in [-0.39, 0.29) is 45.9 Å². The van der Waals surface area contributed by atoms with Gasteiger partial charge in [0.2, 0.25) is 5.91 Å². The number of likely N-dealkylation sites (tertiary alicyclic amines) is 1. The van der Waals surface area contributed by atoms with Crippen LogP contribution in [0.2, 0.25) is 5.02 Å². The largest absolute Gasteiger partial charge is 0.573 e. The van der Waals surface area contributed by atoms with Gasteiger partial charge in [-0.2, -0.15) is 0 Å². The first-order valence-electron chi connectivity index (χ1n) is 13.4. The summed E-state index contributed by atoms with van der Waals surface area (Å²) < 4.78 is 46.5. The molecule has 44 heavy (non-hydrogen) atoms. The van der Waals surface area contributed by atoms with E-state index in [1.54, 1.807) is 24.3 Å². The van der Waals surface area contributed by atoms with Crippen molar-refractivity contribution < 1.29 is 27.8 Å². The number of carbonyl (C=O) groups excluding carboxylic acids is 1. The number of phenols is 1. The van der Waals surface area contributed by atoms with E-state index in [1.807, 2.05) is 6.07 Å². The lowest BCUT2D eigenvalue weighted by molar-refractivity contribution is -0.274. The first-order chi connectivity index (χ1) is 20.9. The number of amides is 1. The van der Waals surface area contributed by atoms with E-state index in [4.69, 9.17) is 11.6 Å². The summed E-state index contributed by atoms with van der Waals surface area (Å²) in [5.41, 5.74) is -1.26. The molecule has 0 radical (unpaired) electrons. The van der Waals surface area contributed by atoms with Crippen molar-refractivity contribution in [3.63, 3.8) is 0 Å². The first-order valence-corrected chi connectivity index (χ1v) is 13.8. The number of aromatic nitrogens is 2. The number of benzene rings is 4. The van der Waals surface area contributed by atoms with Crippen molar-refractivity contribution >= 4 is 39.3 Å². The molecule has 1 N–H and O–H groups in total. The van der Waals surface area contributed by atoms with Gasteiger partial charge in [-0.1, -0.05) is 54.6 Å². The second-order valence-corrected chi connectivity index (χ2v) is 10.8. The minimum absolute atomic E-state index is 0.0512. The summed E-state index contributed by atoms with van der Waals surface area (Å²) in [6, 6.07) is 18.3. The average Bonchev–Trinajstić information content (AvgIpc) is 2.95. The molecule has 0 aliphatic carbocycles. The fraction of sp³-hybridized carbons (Fsp3) is 0.156. The van der Waals surface area contributed by atoms with Crippen LogP contribution in [0.3, 0.4) is 0 Å². The molecule has 0 spiro atoms. The topological polar surface area (TPSA) is 93.8 Å². The Kier molecular flexibility index (Phi) is 7.21. The highest BCUT2D eigenvalue weighted by molar-refractivity contribution is 6.34. The van der Waals surface area contributed by atoms with Gasteiger partial charge in [-0.15, -0.1) is 13.2 Å². The number of hydrogen-bond donors (Lipinski definition) is 1. The number of nitrogens with zero attached hydrogens (tertiary/aromatic N) is 3. The highest BCUT2D eigenvalue weighted by Gasteiger charge is 2.34. The molecule has 0 saturated carbocycles. The van der Waals surface area contributed by atoms with Crippen LogP contribution in [0.5, 0.6) is 11.5 Å². The number of rotatable bonds is 6. The Morgan fingerprint density at radius 1 is 0.977 bits per heavy atom. The van der Waals surface area contributed by atoms with Crippen LogP contribution in [0.15, 0.2) is 95.0 Å². The third kappa shape index (κ3) is 5.19. The number of halogens is 4. The third-order valence-corrected chi connectivity index (χ3v) is 7.89. The van der Waals surface area contributed by atoms with Crippen molar-refractivity contribution in [2.24, 2.45) is 5.92 Å². The van der Waals surface area contributed by atoms with Gasteiger partial charge in [0.15, 0.2) is 5.75 Å². The van der Waals surface area contributed by atoms with Gasteiger partial charge < -0.3 is 19.3 Å². The summed E-state index contributed by atoms with van der Waals surface area (Å²) >= 11 is 6.82. The van der Waals surface area contributed by atoms with E-state index in [1.165, 1.54) is 51.9 Å². The maximum Gasteiger partial charge on any atom is 0.573 e. The molecule has 0 atom stereocenters. The molecule has 0 bridgehead atoms. The number of ether oxygens (including phenoxy) is 1. The Morgan fingerprint density at radius 2 is 1.68 bits per heavy atom. The van der Waals surface area contributed by atoms with Gasteiger partial charge in [0.1, 0.15) is 5.75 Å². The second-order valence-electron chi connectivity index (χ2n) is 10.4. The Morgan fingerprint density at radius 3 is 2.41 bits per heavy atom. The Labute approximate surface area is 252 Å². The lowest BCUT2D eigenvalue weighted by Gasteiger charge is -2.39. The molecular formula is C32H23ClF3N3O5. The normalized spacial score (nSPS) is 13.7. The zero-order valence-corrected chi connectivity index (χ0v) is 23.6. The minimum Gasteiger partial charge on any atom is -0.508 e. The summed E-state index contributed by atoms with van der Waals surface area (Å²) in [6.45, 7) is 4.18. The zero-order valence-electron chi connectivity index (χ0n) is 22.8. The molecule has 1 saturated heterocycles. The van der Waals surface area contributed by atoms with E-state index in [0.717, 1.165) is 16.0 Å². The van der Waals surface area contributed by atoms with Gasteiger partial charge in [0.25, 0.3) is 0 Å². The molecule has 12 heteroatoms. The van der Waals surface area contributed by atoms with Gasteiger partial charge in [0, 0.05) is 31.1 Å². The smallest absolute Gasteiger partial charge is 0.508 e. The van der Waals surface area contributed by atoms with Gasteiger partial charge in [0.05, 0.1) is 21.7 Å². The predicted molar refractivity (Wildman–Crippen MR) is 160 cm³/mol. The molecule has 224 valence electrons. The van der Waals surface area contributed by atoms with Crippen molar-refractivity contribution in [2.45, 2.75) is 12.9 Å². The van der Waals surface area contributed by atoms with Crippen molar-refractivity contribution in [3.8, 4) is 28.3 Å². The molecule has 1 aliphatic heterocycles. The van der Waals surface area contributed by atoms with Crippen LogP contribution in [0.25, 0.3) is 38.6 Å². The Balaban J connectivity index is 1.63. The summed E-state index contributed by atoms with van der Waals surface area (Å²) in [5, 5.41) is 12.1. The number of hydrogen-bond acceptors (Lipinski definition) is 5. The van der Waals surface area contributed by atoms with Gasteiger partial charge in [-0.3, -0.25) is 19.0 Å². The molecular weight excluding hydrogens is 599 g/mol. The van der Waals surface area contributed by atoms with Crippen LogP contribution < -0.4 is 15.9 Å². The number of para-hydroxylation sites is 2. The summed E-state index contributed by atoms with van der Waals surface area (Å²) in [4.78, 5) is 40.9. The SMILES string of the molecule is C=CC(=O)N1CC(Cn2c(=O)c(=O)n(-c3ccccc3OC(F)(F)F)c3cc(-c4cc(O)cc5ccccc45)c(Cl)cc32)C1. The van der Waals surface area contributed by atoms with Crippen LogP contribution in [0.1, 0.15) is 0 Å². The molecule has 2 heterocycles. The molecule has 1 aromatic heterocycles. The maximum absolute atomic E-state index is 13.8. The highest BCUT2D eigenvalue weighted by Crippen LogP contribution is 2.39. The molecule has 4 aromatic carbocycles. The second kappa shape index (κ2) is 10.9. The number of aromatic hydroxyl groups is 1. The van der Waals surface area contributed by atoms with Crippen molar-refractivity contribution in [1.29, 1.82) is 0 Å². The summed E-state index contributed by atoms with van der Waals surface area (Å²) in [5.74, 6) is -1.17. The number of phenolic OH excluding ortho intramolecular Hbond substituents is 1. The van der Waals surface area contributed by atoms with Crippen molar-refractivity contribution in [3.05, 3.63) is 111 Å². The first kappa shape index (κ1) is 29.1. The summed E-state index contributed by atoms with van der Waals surface area (Å²) in [6.07, 6.45) is -3.88. The monoisotopic (exact) mass is 621 g/mol. The average molecular weight is 622 g/mol. The summed E-state index contributed by atoms with van der Waals surface area (Å²) in [7, 11) is 0. The zero-order chi connectivity index (χ0) is 31.3. The molecule has 1 amide bonds. The van der Waals surface area contributed by atoms with Gasteiger partial charge in [-0.05, 0) is 58.8 Å². The molecule has 0 unspecified atom stereocenters. The van der Waals surface area contributed by atoms with E-state index >= 15 is 0 Å². The Hall–Kier alpha value is -5.03. The fourth-order valence-corrected chi connectivity index (χ4v) is 5.89. The lowest BCUT2D eigenvalue weighted by atomic mass is 9.96. The lowest BCUT2D eigenvalue weighted by Crippen LogP contribution is -2.52. The number of fused-ring (bicyclic) bond motifs is 2. The number of alkyl halides is 3. The van der Waals surface area contributed by atoms with Crippen LogP contribution in [-0.4, -0.2) is 44.5 Å². The van der Waals surface area contributed by atoms with E-state index in [2.05, 4.69) is 11.3 Å². The molecule has 8 nitrogen and oxygen atoms in total. The van der Waals surface area contributed by atoms with Crippen LogP contribution in [-0.2, 0) is 11.3 Å². The van der Waals surface area contributed by atoms with E-state index < -0.39 is 23.2 Å². The Bertz CT molecular complexity index is 2100. The van der Waals surface area contributed by atoms with E-state index in [9.17, 15) is 32.7 Å². The van der Waals surface area contributed by atoms with E-state index in [0.29, 0.717) is 29.6 Å². The molecule has 6 rings (SSSR count). The third-order valence-electron chi connectivity index (χ3n) is 7.58. The van der Waals surface area contributed by atoms with Crippen LogP contribution in [0, 0.1) is 5.92 Å². The molecule has 1 aliphatic rings. The number of carbonyl (C=O) groups is 1.